The molecule has 0 aromatic heterocycles. The van der Waals surface area contributed by atoms with Gasteiger partial charge in [0.2, 0.25) is 0 Å². The number of nitrogens with zero attached hydrogens (tertiary/aromatic N) is 1. The third-order valence-electron chi connectivity index (χ3n) is 7.63. The van der Waals surface area contributed by atoms with E-state index in [9.17, 15) is 14.4 Å². The maximum Gasteiger partial charge on any atom is 0.308 e. The lowest BCUT2D eigenvalue weighted by atomic mass is 9.53. The zero-order chi connectivity index (χ0) is 23.3. The molecule has 2 aliphatic heterocycles. The van der Waals surface area contributed by atoms with Gasteiger partial charge in [0.25, 0.3) is 0 Å². The number of methoxy groups -OCH3 is 1. The van der Waals surface area contributed by atoms with Gasteiger partial charge in [-0.1, -0.05) is 12.1 Å². The molecule has 1 saturated heterocycles. The lowest BCUT2D eigenvalue weighted by Crippen LogP contribution is -2.65. The molecule has 8 nitrogen and oxygen atoms in total. The van der Waals surface area contributed by atoms with E-state index in [0.29, 0.717) is 24.0 Å². The summed E-state index contributed by atoms with van der Waals surface area (Å²) in [5.41, 5.74) is 1.98. The van der Waals surface area contributed by atoms with Gasteiger partial charge < -0.3 is 23.8 Å². The van der Waals surface area contributed by atoms with Gasteiger partial charge in [0.1, 0.15) is 6.10 Å². The van der Waals surface area contributed by atoms with Crippen LogP contribution in [0.5, 0.6) is 11.5 Å². The average molecular weight is 456 g/mol. The molecule has 5 atom stereocenters. The normalized spacial score (nSPS) is 30.8. The predicted octanol–water partition coefficient (Wildman–Crippen LogP) is 2.31. The van der Waals surface area contributed by atoms with Crippen LogP contribution in [0.15, 0.2) is 24.3 Å². The van der Waals surface area contributed by atoms with E-state index >= 15 is 0 Å². The van der Waals surface area contributed by atoms with E-state index < -0.39 is 12.1 Å². The molecule has 2 bridgehead atoms. The van der Waals surface area contributed by atoms with Gasteiger partial charge in [-0.05, 0) is 50.6 Å². The number of piperidine rings is 1. The van der Waals surface area contributed by atoms with E-state index in [1.807, 2.05) is 12.1 Å². The quantitative estimate of drug-likeness (QED) is 0.367. The number of hydrogen-bond acceptors (Lipinski definition) is 8. The van der Waals surface area contributed by atoms with Crippen LogP contribution < -0.4 is 9.47 Å². The molecule has 1 aromatic carbocycles. The average Bonchev–Trinajstić information content (AvgIpc) is 3.13. The molecule has 8 heteroatoms. The summed E-state index contributed by atoms with van der Waals surface area (Å²) in [4.78, 5) is 38.1. The van der Waals surface area contributed by atoms with Gasteiger partial charge >= 0.3 is 17.9 Å². The van der Waals surface area contributed by atoms with Crippen molar-refractivity contribution in [1.29, 1.82) is 0 Å². The van der Waals surface area contributed by atoms with Crippen LogP contribution >= 0.6 is 0 Å². The van der Waals surface area contributed by atoms with Crippen LogP contribution in [0, 0.1) is 5.92 Å². The molecule has 0 amide bonds. The number of rotatable bonds is 6. The number of carbonyl (C=O) groups is 3. The van der Waals surface area contributed by atoms with Crippen molar-refractivity contribution < 1.29 is 33.3 Å². The minimum atomic E-state index is -0.556. The summed E-state index contributed by atoms with van der Waals surface area (Å²) >= 11 is 0. The molecule has 0 saturated carbocycles. The van der Waals surface area contributed by atoms with Crippen LogP contribution in [0.2, 0.25) is 0 Å². The second kappa shape index (κ2) is 8.17. The van der Waals surface area contributed by atoms with E-state index in [2.05, 4.69) is 22.8 Å². The molecule has 5 rings (SSSR count). The molecule has 2 heterocycles. The number of ether oxygens (including phenoxy) is 4. The van der Waals surface area contributed by atoms with Crippen molar-refractivity contribution in [2.45, 2.75) is 62.7 Å². The molecule has 1 fully saturated rings. The van der Waals surface area contributed by atoms with E-state index in [1.165, 1.54) is 19.6 Å². The van der Waals surface area contributed by atoms with Crippen molar-refractivity contribution in [3.63, 3.8) is 0 Å². The van der Waals surface area contributed by atoms with E-state index in [-0.39, 0.29) is 42.2 Å². The van der Waals surface area contributed by atoms with E-state index in [1.54, 1.807) is 6.07 Å². The Morgan fingerprint density at radius 3 is 2.73 bits per heavy atom. The van der Waals surface area contributed by atoms with Crippen LogP contribution in [-0.4, -0.2) is 61.8 Å². The Morgan fingerprint density at radius 1 is 1.18 bits per heavy atom. The van der Waals surface area contributed by atoms with Gasteiger partial charge in [0.15, 0.2) is 17.6 Å². The summed E-state index contributed by atoms with van der Waals surface area (Å²) in [6, 6.07) is 4.18. The highest BCUT2D eigenvalue weighted by Gasteiger charge is 2.65. The van der Waals surface area contributed by atoms with Crippen molar-refractivity contribution in [1.82, 2.24) is 4.90 Å². The predicted molar refractivity (Wildman–Crippen MR) is 117 cm³/mol. The summed E-state index contributed by atoms with van der Waals surface area (Å²) in [6.07, 6.45) is 5.61. The third-order valence-corrected chi connectivity index (χ3v) is 7.63. The number of benzene rings is 1. The van der Waals surface area contributed by atoms with Crippen molar-refractivity contribution >= 4 is 17.9 Å². The Balaban J connectivity index is 1.47. The van der Waals surface area contributed by atoms with Gasteiger partial charge in [-0.3, -0.25) is 14.4 Å². The Labute approximate surface area is 192 Å². The highest BCUT2D eigenvalue weighted by molar-refractivity contribution is 5.74. The fourth-order valence-corrected chi connectivity index (χ4v) is 6.24. The number of hydrogen-bond donors (Lipinski definition) is 0. The number of carbonyl (C=O) groups excluding carboxylic acids is 3. The van der Waals surface area contributed by atoms with E-state index in [4.69, 9.17) is 14.2 Å². The zero-order valence-corrected chi connectivity index (χ0v) is 19.2. The van der Waals surface area contributed by atoms with Crippen molar-refractivity contribution in [3.8, 4) is 11.5 Å². The Bertz CT molecular complexity index is 1030. The monoisotopic (exact) mass is 455 g/mol. The molecule has 0 N–H and O–H groups in total. The first-order valence-electron chi connectivity index (χ1n) is 11.5. The summed E-state index contributed by atoms with van der Waals surface area (Å²) in [5.74, 6) is 0.130. The molecular formula is C25H29NO7. The van der Waals surface area contributed by atoms with Gasteiger partial charge in [-0.25, -0.2) is 0 Å². The summed E-state index contributed by atoms with van der Waals surface area (Å²) in [7, 11) is 3.48. The minimum absolute atomic E-state index is 0.130. The number of esters is 3. The molecule has 0 radical (unpaired) electrons. The molecule has 176 valence electrons. The van der Waals surface area contributed by atoms with Crippen LogP contribution in [0.4, 0.5) is 0 Å². The maximum atomic E-state index is 12.6. The first-order valence-corrected chi connectivity index (χ1v) is 11.5. The summed E-state index contributed by atoms with van der Waals surface area (Å²) in [5, 5.41) is 0. The zero-order valence-electron chi connectivity index (χ0n) is 19.2. The fourth-order valence-electron chi connectivity index (χ4n) is 6.24. The van der Waals surface area contributed by atoms with Gasteiger partial charge in [-0.2, -0.15) is 0 Å². The van der Waals surface area contributed by atoms with Crippen molar-refractivity contribution in [3.05, 3.63) is 35.4 Å². The molecule has 1 aromatic rings. The van der Waals surface area contributed by atoms with Gasteiger partial charge in [0, 0.05) is 42.7 Å². The Morgan fingerprint density at radius 2 is 1.97 bits per heavy atom. The van der Waals surface area contributed by atoms with Crippen LogP contribution in [0.3, 0.4) is 0 Å². The SMILES string of the molecule is COC(=O)CCCC(=O)OC1C=C[C@H]2[C@H]3Cc4ccc(OC(C)=O)c5c4[C@@]2(CCN3C)C1O5. The van der Waals surface area contributed by atoms with Gasteiger partial charge in [0.05, 0.1) is 7.11 Å². The van der Waals surface area contributed by atoms with Gasteiger partial charge in [-0.15, -0.1) is 0 Å². The second-order valence-electron chi connectivity index (χ2n) is 9.40. The first-order chi connectivity index (χ1) is 15.8. The number of likely N-dealkylation sites (N-methyl/N-ethyl adjacent to an activating group) is 1. The molecule has 1 spiro atoms. The second-order valence-corrected chi connectivity index (χ2v) is 9.40. The fraction of sp³-hybridized carbons (Fsp3) is 0.560. The Kier molecular flexibility index (Phi) is 5.43. The van der Waals surface area contributed by atoms with Crippen LogP contribution in [0.1, 0.15) is 43.7 Å². The minimum Gasteiger partial charge on any atom is -0.481 e. The molecule has 33 heavy (non-hydrogen) atoms. The highest BCUT2D eigenvalue weighted by atomic mass is 16.6. The van der Waals surface area contributed by atoms with Crippen molar-refractivity contribution in [2.75, 3.05) is 20.7 Å². The lowest BCUT2D eigenvalue weighted by Gasteiger charge is -2.56. The lowest BCUT2D eigenvalue weighted by molar-refractivity contribution is -0.155. The molecule has 4 aliphatic rings. The highest BCUT2D eigenvalue weighted by Crippen LogP contribution is 2.62. The first kappa shape index (κ1) is 21.9. The molecular weight excluding hydrogens is 426 g/mol. The van der Waals surface area contributed by atoms with Crippen LogP contribution in [-0.2, 0) is 35.7 Å². The Hall–Kier alpha value is -2.87. The number of likely N-dealkylation sites (tertiary alicyclic amines) is 1. The smallest absolute Gasteiger partial charge is 0.308 e. The summed E-state index contributed by atoms with van der Waals surface area (Å²) < 4.78 is 22.5. The molecule has 2 unspecified atom stereocenters. The maximum absolute atomic E-state index is 12.6. The topological polar surface area (TPSA) is 91.4 Å². The molecule has 2 aliphatic carbocycles. The van der Waals surface area contributed by atoms with Crippen molar-refractivity contribution in [2.24, 2.45) is 5.92 Å². The largest absolute Gasteiger partial charge is 0.481 e. The standard InChI is InChI=1S/C25H29NO7/c1-14(27)31-18-9-7-15-13-17-16-8-10-19(32-21(29)6-4-5-20(28)30-3)24-25(16,11-12-26(17)2)22(15)23(18)33-24/h7-10,16-17,19,24H,4-6,11-13H2,1-3H3/t16-,17+,19?,24?,25-/m0/s1. The third kappa shape index (κ3) is 3.42. The van der Waals surface area contributed by atoms with Crippen LogP contribution in [0.25, 0.3) is 0 Å². The summed E-state index contributed by atoms with van der Waals surface area (Å²) in [6.45, 7) is 2.28. The van der Waals surface area contributed by atoms with E-state index in [0.717, 1.165) is 24.9 Å².